The predicted octanol–water partition coefficient (Wildman–Crippen LogP) is 0.854. The number of methoxy groups -OCH3 is 1. The van der Waals surface area contributed by atoms with Gasteiger partial charge in [0.25, 0.3) is 0 Å². The van der Waals surface area contributed by atoms with Gasteiger partial charge in [0.1, 0.15) is 0 Å². The molecule has 0 aliphatic heterocycles. The van der Waals surface area contributed by atoms with Gasteiger partial charge in [-0.25, -0.2) is 5.90 Å². The van der Waals surface area contributed by atoms with Gasteiger partial charge in [-0.3, -0.25) is 9.63 Å². The van der Waals surface area contributed by atoms with E-state index in [1.807, 2.05) is 0 Å². The second kappa shape index (κ2) is 3.41. The second-order valence-corrected chi connectivity index (χ2v) is 3.74. The molecule has 12 heavy (non-hydrogen) atoms. The third kappa shape index (κ3) is 1.76. The maximum Gasteiger partial charge on any atom is 0.314 e. The quantitative estimate of drug-likeness (QED) is 0.510. The molecular formula is C8H17NO3. The summed E-state index contributed by atoms with van der Waals surface area (Å²) in [6, 6.07) is 0. The average Bonchev–Trinajstić information content (AvgIpc) is 2.02. The molecule has 0 saturated carbocycles. The first-order valence-corrected chi connectivity index (χ1v) is 3.76. The normalized spacial score (nSPS) is 12.8. The highest BCUT2D eigenvalue weighted by atomic mass is 16.6. The van der Waals surface area contributed by atoms with Crippen LogP contribution in [0, 0.1) is 5.41 Å². The van der Waals surface area contributed by atoms with Crippen molar-refractivity contribution in [1.29, 1.82) is 0 Å². The number of nitrogens with two attached hydrogens (primary N) is 1. The van der Waals surface area contributed by atoms with Crippen molar-refractivity contribution < 1.29 is 14.4 Å². The fourth-order valence-corrected chi connectivity index (χ4v) is 0.648. The molecule has 0 unspecified atom stereocenters. The molecule has 0 rings (SSSR count). The monoisotopic (exact) mass is 175 g/mol. The van der Waals surface area contributed by atoms with Crippen molar-refractivity contribution in [2.45, 2.75) is 33.3 Å². The number of esters is 1. The van der Waals surface area contributed by atoms with Gasteiger partial charge in [-0.05, 0) is 27.7 Å². The lowest BCUT2D eigenvalue weighted by molar-refractivity contribution is -0.172. The molecule has 4 heteroatoms. The van der Waals surface area contributed by atoms with E-state index in [1.165, 1.54) is 7.11 Å². The molecule has 0 aliphatic carbocycles. The van der Waals surface area contributed by atoms with E-state index in [9.17, 15) is 4.79 Å². The van der Waals surface area contributed by atoms with Crippen LogP contribution in [0.3, 0.4) is 0 Å². The summed E-state index contributed by atoms with van der Waals surface area (Å²) in [6.45, 7) is 6.94. The van der Waals surface area contributed by atoms with E-state index in [2.05, 4.69) is 4.74 Å². The maximum absolute atomic E-state index is 11.3. The van der Waals surface area contributed by atoms with Crippen LogP contribution < -0.4 is 5.90 Å². The summed E-state index contributed by atoms with van der Waals surface area (Å²) in [7, 11) is 1.34. The molecule has 0 saturated heterocycles. The molecule has 0 radical (unpaired) electrons. The van der Waals surface area contributed by atoms with Gasteiger partial charge in [0.15, 0.2) is 0 Å². The smallest absolute Gasteiger partial charge is 0.314 e. The average molecular weight is 175 g/mol. The molecule has 72 valence electrons. The summed E-state index contributed by atoms with van der Waals surface area (Å²) in [5, 5.41) is 0. The molecule has 0 aromatic rings. The molecule has 0 fully saturated rings. The Kier molecular flexibility index (Phi) is 3.24. The summed E-state index contributed by atoms with van der Waals surface area (Å²) in [4.78, 5) is 16.0. The van der Waals surface area contributed by atoms with Crippen molar-refractivity contribution in [3.8, 4) is 0 Å². The van der Waals surface area contributed by atoms with Crippen LogP contribution in [0.2, 0.25) is 0 Å². The third-order valence-corrected chi connectivity index (χ3v) is 2.50. The van der Waals surface area contributed by atoms with Gasteiger partial charge >= 0.3 is 5.97 Å². The van der Waals surface area contributed by atoms with E-state index in [4.69, 9.17) is 10.7 Å². The molecule has 2 N–H and O–H groups in total. The van der Waals surface area contributed by atoms with E-state index in [0.717, 1.165) is 0 Å². The minimum atomic E-state index is -0.753. The number of rotatable bonds is 3. The maximum atomic E-state index is 11.3. The molecule has 0 aliphatic rings. The van der Waals surface area contributed by atoms with Gasteiger partial charge in [0.2, 0.25) is 0 Å². The van der Waals surface area contributed by atoms with Crippen molar-refractivity contribution >= 4 is 5.97 Å². The molecule has 0 aromatic carbocycles. The Morgan fingerprint density at radius 2 is 1.67 bits per heavy atom. The zero-order chi connectivity index (χ0) is 9.99. The van der Waals surface area contributed by atoms with E-state index in [0.29, 0.717) is 0 Å². The van der Waals surface area contributed by atoms with E-state index in [-0.39, 0.29) is 5.97 Å². The Balaban J connectivity index is 4.71. The molecule has 0 heterocycles. The Morgan fingerprint density at radius 3 is 1.92 bits per heavy atom. The molecule has 0 aromatic heterocycles. The minimum absolute atomic E-state index is 0.335. The molecule has 0 amide bonds. The van der Waals surface area contributed by atoms with Crippen molar-refractivity contribution in [1.82, 2.24) is 0 Å². The topological polar surface area (TPSA) is 61.5 Å². The lowest BCUT2D eigenvalue weighted by Gasteiger charge is -2.36. The van der Waals surface area contributed by atoms with Gasteiger partial charge in [-0.1, -0.05) is 0 Å². The van der Waals surface area contributed by atoms with Gasteiger partial charge in [0, 0.05) is 0 Å². The summed E-state index contributed by atoms with van der Waals surface area (Å²) in [5.41, 5.74) is -1.49. The number of hydrogen-bond donors (Lipinski definition) is 1. The van der Waals surface area contributed by atoms with E-state index in [1.54, 1.807) is 27.7 Å². The van der Waals surface area contributed by atoms with Gasteiger partial charge < -0.3 is 4.74 Å². The first-order valence-electron chi connectivity index (χ1n) is 3.76. The summed E-state index contributed by atoms with van der Waals surface area (Å²) in [5.74, 6) is 4.74. The molecule has 0 bridgehead atoms. The Morgan fingerprint density at radius 1 is 1.25 bits per heavy atom. The first-order chi connectivity index (χ1) is 5.29. The molecule has 0 spiro atoms. The Labute approximate surface area is 73.0 Å². The van der Waals surface area contributed by atoms with E-state index < -0.39 is 11.0 Å². The van der Waals surface area contributed by atoms with Gasteiger partial charge in [-0.2, -0.15) is 0 Å². The van der Waals surface area contributed by atoms with Crippen LogP contribution in [-0.4, -0.2) is 18.7 Å². The van der Waals surface area contributed by atoms with Crippen molar-refractivity contribution in [2.24, 2.45) is 11.3 Å². The first kappa shape index (κ1) is 11.4. The molecule has 4 nitrogen and oxygen atoms in total. The van der Waals surface area contributed by atoms with Crippen LogP contribution in [0.1, 0.15) is 27.7 Å². The Hall–Kier alpha value is -0.610. The van der Waals surface area contributed by atoms with Gasteiger partial charge in [0.05, 0.1) is 18.1 Å². The second-order valence-electron chi connectivity index (χ2n) is 3.74. The van der Waals surface area contributed by atoms with Crippen LogP contribution in [-0.2, 0) is 14.4 Å². The summed E-state index contributed by atoms with van der Waals surface area (Å²) >= 11 is 0. The van der Waals surface area contributed by atoms with Crippen LogP contribution in [0.4, 0.5) is 0 Å². The Bertz CT molecular complexity index is 175. The zero-order valence-electron chi connectivity index (χ0n) is 8.30. The largest absolute Gasteiger partial charge is 0.469 e. The lowest BCUT2D eigenvalue weighted by atomic mass is 9.77. The van der Waals surface area contributed by atoms with Crippen molar-refractivity contribution in [2.75, 3.05) is 7.11 Å². The predicted molar refractivity (Wildman–Crippen MR) is 45.1 cm³/mol. The van der Waals surface area contributed by atoms with Crippen LogP contribution in [0.5, 0.6) is 0 Å². The van der Waals surface area contributed by atoms with Crippen LogP contribution in [0.15, 0.2) is 0 Å². The third-order valence-electron chi connectivity index (χ3n) is 2.50. The number of ether oxygens (including phenoxy) is 1. The lowest BCUT2D eigenvalue weighted by Crippen LogP contribution is -2.49. The number of carbonyl (C=O) groups excluding carboxylic acids is 1. The fraction of sp³-hybridized carbons (Fsp3) is 0.875. The van der Waals surface area contributed by atoms with Gasteiger partial charge in [-0.15, -0.1) is 0 Å². The number of carbonyl (C=O) groups is 1. The molecular weight excluding hydrogens is 158 g/mol. The summed E-state index contributed by atoms with van der Waals surface area (Å²) in [6.07, 6.45) is 0. The highest BCUT2D eigenvalue weighted by molar-refractivity contribution is 5.77. The van der Waals surface area contributed by atoms with Crippen molar-refractivity contribution in [3.63, 3.8) is 0 Å². The SMILES string of the molecule is COC(=O)C(C)(C)C(C)(C)ON. The highest BCUT2D eigenvalue weighted by Gasteiger charge is 2.45. The number of hydrogen-bond acceptors (Lipinski definition) is 4. The highest BCUT2D eigenvalue weighted by Crippen LogP contribution is 2.33. The minimum Gasteiger partial charge on any atom is -0.469 e. The zero-order valence-corrected chi connectivity index (χ0v) is 8.30. The standard InChI is InChI=1S/C8H17NO3/c1-7(2,6(10)11-5)8(3,4)12-9/h9H2,1-5H3. The van der Waals surface area contributed by atoms with Crippen LogP contribution in [0.25, 0.3) is 0 Å². The molecule has 0 atom stereocenters. The fourth-order valence-electron chi connectivity index (χ4n) is 0.648. The van der Waals surface area contributed by atoms with Crippen molar-refractivity contribution in [3.05, 3.63) is 0 Å². The summed E-state index contributed by atoms with van der Waals surface area (Å²) < 4.78 is 4.63. The van der Waals surface area contributed by atoms with E-state index >= 15 is 0 Å². The van der Waals surface area contributed by atoms with Crippen LogP contribution >= 0.6 is 0 Å².